The highest BCUT2D eigenvalue weighted by Gasteiger charge is 2.24. The fourth-order valence-corrected chi connectivity index (χ4v) is 3.60. The van der Waals surface area contributed by atoms with Gasteiger partial charge in [-0.1, -0.05) is 6.07 Å². The second kappa shape index (κ2) is 6.76. The van der Waals surface area contributed by atoms with Crippen LogP contribution in [0.2, 0.25) is 0 Å². The van der Waals surface area contributed by atoms with E-state index >= 15 is 0 Å². The molecule has 0 spiro atoms. The number of nitro benzene ring substituents is 1. The standard InChI is InChI=1S/C16H16N6O4S/c1-11-4-5-14(22(23)24)8-15(11)27(25,26)20(3)17-9-13-10-18-21-7-6-12(2)19-16(13)21/h4-10H,1-3H3. The molecule has 0 radical (unpaired) electrons. The van der Waals surface area contributed by atoms with Gasteiger partial charge in [0.05, 0.1) is 27.8 Å². The van der Waals surface area contributed by atoms with Crippen LogP contribution in [-0.2, 0) is 10.0 Å². The maximum absolute atomic E-state index is 12.8. The highest BCUT2D eigenvalue weighted by atomic mass is 32.2. The summed E-state index contributed by atoms with van der Waals surface area (Å²) in [4.78, 5) is 14.5. The third-order valence-corrected chi connectivity index (χ3v) is 5.69. The zero-order valence-corrected chi connectivity index (χ0v) is 15.6. The summed E-state index contributed by atoms with van der Waals surface area (Å²) in [6, 6.07) is 5.46. The van der Waals surface area contributed by atoms with Crippen molar-refractivity contribution in [2.45, 2.75) is 18.7 Å². The van der Waals surface area contributed by atoms with E-state index in [9.17, 15) is 18.5 Å². The summed E-state index contributed by atoms with van der Waals surface area (Å²) in [6.45, 7) is 3.39. The van der Waals surface area contributed by atoms with Crippen LogP contribution in [0.25, 0.3) is 5.65 Å². The van der Waals surface area contributed by atoms with Gasteiger partial charge in [-0.05, 0) is 25.5 Å². The number of rotatable bonds is 5. The molecule has 0 amide bonds. The molecular weight excluding hydrogens is 372 g/mol. The van der Waals surface area contributed by atoms with Gasteiger partial charge in [-0.3, -0.25) is 10.1 Å². The average molecular weight is 388 g/mol. The molecule has 0 saturated heterocycles. The minimum atomic E-state index is -4.06. The van der Waals surface area contributed by atoms with Crippen LogP contribution in [0.4, 0.5) is 5.69 Å². The molecule has 3 aromatic rings. The number of benzene rings is 1. The van der Waals surface area contributed by atoms with E-state index in [0.717, 1.165) is 16.2 Å². The van der Waals surface area contributed by atoms with Gasteiger partial charge in [0.25, 0.3) is 15.7 Å². The SMILES string of the molecule is Cc1ccn2ncc(C=NN(C)S(=O)(=O)c3cc([N+](=O)[O-])ccc3C)c2n1. The number of aromatic nitrogens is 3. The van der Waals surface area contributed by atoms with E-state index in [2.05, 4.69) is 15.2 Å². The third-order valence-electron chi connectivity index (χ3n) is 3.90. The monoisotopic (exact) mass is 388 g/mol. The summed E-state index contributed by atoms with van der Waals surface area (Å²) < 4.78 is 27.8. The molecule has 0 atom stereocenters. The molecule has 1 aromatic carbocycles. The van der Waals surface area contributed by atoms with Crippen molar-refractivity contribution < 1.29 is 13.3 Å². The molecule has 0 aliphatic carbocycles. The Morgan fingerprint density at radius 3 is 2.74 bits per heavy atom. The summed E-state index contributed by atoms with van der Waals surface area (Å²) in [5.74, 6) is 0. The van der Waals surface area contributed by atoms with Crippen molar-refractivity contribution in [2.24, 2.45) is 5.10 Å². The number of hydrogen-bond acceptors (Lipinski definition) is 7. The Hall–Kier alpha value is -3.34. The Kier molecular flexibility index (Phi) is 4.62. The van der Waals surface area contributed by atoms with Crippen molar-refractivity contribution in [3.05, 3.63) is 63.6 Å². The van der Waals surface area contributed by atoms with Crippen LogP contribution >= 0.6 is 0 Å². The first-order valence-corrected chi connectivity index (χ1v) is 9.23. The second-order valence-electron chi connectivity index (χ2n) is 5.83. The predicted molar refractivity (Wildman–Crippen MR) is 98.1 cm³/mol. The lowest BCUT2D eigenvalue weighted by Crippen LogP contribution is -2.22. The maximum atomic E-state index is 12.8. The number of hydrazone groups is 1. The maximum Gasteiger partial charge on any atom is 0.279 e. The number of hydrogen-bond donors (Lipinski definition) is 0. The Morgan fingerprint density at radius 1 is 1.30 bits per heavy atom. The molecule has 0 unspecified atom stereocenters. The van der Waals surface area contributed by atoms with Gasteiger partial charge in [-0.25, -0.2) is 9.50 Å². The largest absolute Gasteiger partial charge is 0.279 e. The van der Waals surface area contributed by atoms with Gasteiger partial charge < -0.3 is 0 Å². The van der Waals surface area contributed by atoms with Gasteiger partial charge in [-0.15, -0.1) is 0 Å². The number of nitrogens with zero attached hydrogens (tertiary/aromatic N) is 6. The van der Waals surface area contributed by atoms with Crippen molar-refractivity contribution in [1.82, 2.24) is 19.0 Å². The van der Waals surface area contributed by atoms with Crippen molar-refractivity contribution in [3.8, 4) is 0 Å². The van der Waals surface area contributed by atoms with Crippen LogP contribution in [0.15, 0.2) is 46.7 Å². The molecule has 0 aliphatic heterocycles. The van der Waals surface area contributed by atoms with Crippen LogP contribution in [0.5, 0.6) is 0 Å². The summed E-state index contributed by atoms with van der Waals surface area (Å²) in [7, 11) is -2.80. The van der Waals surface area contributed by atoms with E-state index in [1.165, 1.54) is 31.6 Å². The zero-order chi connectivity index (χ0) is 19.8. The smallest absolute Gasteiger partial charge is 0.258 e. The number of nitro groups is 1. The van der Waals surface area contributed by atoms with Crippen molar-refractivity contribution in [1.29, 1.82) is 0 Å². The van der Waals surface area contributed by atoms with Crippen LogP contribution in [0.3, 0.4) is 0 Å². The van der Waals surface area contributed by atoms with Gasteiger partial charge in [-0.2, -0.15) is 23.0 Å². The summed E-state index contributed by atoms with van der Waals surface area (Å²) in [6.07, 6.45) is 4.59. The molecular formula is C16H16N6O4S. The van der Waals surface area contributed by atoms with E-state index < -0.39 is 14.9 Å². The third kappa shape index (κ3) is 3.49. The minimum Gasteiger partial charge on any atom is -0.258 e. The van der Waals surface area contributed by atoms with Crippen LogP contribution in [-0.4, -0.2) is 45.6 Å². The Morgan fingerprint density at radius 2 is 2.04 bits per heavy atom. The lowest BCUT2D eigenvalue weighted by atomic mass is 10.2. The number of sulfonamides is 1. The second-order valence-corrected chi connectivity index (χ2v) is 7.75. The molecule has 0 saturated carbocycles. The summed E-state index contributed by atoms with van der Waals surface area (Å²) in [5, 5.41) is 19.0. The van der Waals surface area contributed by atoms with Crippen LogP contribution in [0.1, 0.15) is 16.8 Å². The first-order valence-electron chi connectivity index (χ1n) is 7.79. The fourth-order valence-electron chi connectivity index (χ4n) is 2.40. The lowest BCUT2D eigenvalue weighted by Gasteiger charge is -2.15. The molecule has 0 fully saturated rings. The highest BCUT2D eigenvalue weighted by molar-refractivity contribution is 7.89. The summed E-state index contributed by atoms with van der Waals surface area (Å²) >= 11 is 0. The van der Waals surface area contributed by atoms with Gasteiger partial charge in [0.2, 0.25) is 0 Å². The van der Waals surface area contributed by atoms with Gasteiger partial charge in [0, 0.05) is 31.1 Å². The Balaban J connectivity index is 1.96. The van der Waals surface area contributed by atoms with Crippen LogP contribution < -0.4 is 0 Å². The molecule has 0 bridgehead atoms. The van der Waals surface area contributed by atoms with E-state index in [-0.39, 0.29) is 10.6 Å². The first-order chi connectivity index (χ1) is 12.7. The molecule has 27 heavy (non-hydrogen) atoms. The molecule has 10 nitrogen and oxygen atoms in total. The van der Waals surface area contributed by atoms with E-state index in [0.29, 0.717) is 16.8 Å². The van der Waals surface area contributed by atoms with E-state index in [1.807, 2.05) is 6.92 Å². The van der Waals surface area contributed by atoms with Crippen molar-refractivity contribution >= 4 is 27.6 Å². The van der Waals surface area contributed by atoms with E-state index in [1.54, 1.807) is 23.7 Å². The number of non-ortho nitro benzene ring substituents is 1. The molecule has 2 aromatic heterocycles. The normalized spacial score (nSPS) is 12.0. The fraction of sp³-hybridized carbons (Fsp3) is 0.188. The van der Waals surface area contributed by atoms with Gasteiger partial charge in [0.1, 0.15) is 0 Å². The van der Waals surface area contributed by atoms with E-state index in [4.69, 9.17) is 0 Å². The summed E-state index contributed by atoms with van der Waals surface area (Å²) in [5.41, 5.74) is 1.94. The van der Waals surface area contributed by atoms with Crippen molar-refractivity contribution in [2.75, 3.05) is 7.05 Å². The average Bonchev–Trinajstić information content (AvgIpc) is 3.01. The topological polar surface area (TPSA) is 123 Å². The quantitative estimate of drug-likeness (QED) is 0.374. The highest BCUT2D eigenvalue weighted by Crippen LogP contribution is 2.24. The van der Waals surface area contributed by atoms with Gasteiger partial charge >= 0.3 is 0 Å². The molecule has 3 rings (SSSR count). The molecule has 2 heterocycles. The lowest BCUT2D eigenvalue weighted by molar-refractivity contribution is -0.385. The number of fused-ring (bicyclic) bond motifs is 1. The zero-order valence-electron chi connectivity index (χ0n) is 14.8. The minimum absolute atomic E-state index is 0.176. The molecule has 0 aliphatic rings. The Bertz CT molecular complexity index is 1170. The molecule has 140 valence electrons. The molecule has 0 N–H and O–H groups in total. The van der Waals surface area contributed by atoms with Crippen LogP contribution in [0, 0.1) is 24.0 Å². The first kappa shape index (κ1) is 18.5. The van der Waals surface area contributed by atoms with Gasteiger partial charge in [0.15, 0.2) is 5.65 Å². The Labute approximate surface area is 155 Å². The van der Waals surface area contributed by atoms with Crippen molar-refractivity contribution in [3.63, 3.8) is 0 Å². The number of aryl methyl sites for hydroxylation is 2. The predicted octanol–water partition coefficient (Wildman–Crippen LogP) is 1.91. The molecule has 11 heteroatoms.